The van der Waals surface area contributed by atoms with E-state index in [2.05, 4.69) is 15.6 Å². The molecule has 0 unspecified atom stereocenters. The highest BCUT2D eigenvalue weighted by molar-refractivity contribution is 6.00. The molecule has 0 aliphatic carbocycles. The number of ether oxygens (including phenoxy) is 1. The van der Waals surface area contributed by atoms with Crippen LogP contribution in [0.3, 0.4) is 0 Å². The van der Waals surface area contributed by atoms with Gasteiger partial charge in [-0.2, -0.15) is 0 Å². The van der Waals surface area contributed by atoms with Crippen LogP contribution in [0.15, 0.2) is 42.7 Å². The maximum Gasteiger partial charge on any atom is 0.323 e. The van der Waals surface area contributed by atoms with E-state index in [0.29, 0.717) is 6.61 Å². The van der Waals surface area contributed by atoms with Crippen LogP contribution in [0.1, 0.15) is 11.1 Å². The number of amides is 2. The Morgan fingerprint density at radius 3 is 2.60 bits per heavy atom. The first-order valence-corrected chi connectivity index (χ1v) is 6.25. The fourth-order valence-electron chi connectivity index (χ4n) is 1.75. The molecule has 0 radical (unpaired) electrons. The van der Waals surface area contributed by atoms with E-state index in [4.69, 9.17) is 4.74 Å². The highest BCUT2D eigenvalue weighted by Gasteiger charge is 2.04. The first-order chi connectivity index (χ1) is 9.69. The van der Waals surface area contributed by atoms with E-state index < -0.39 is 0 Å². The molecule has 104 valence electrons. The number of benzene rings is 1. The molecule has 0 saturated carbocycles. The van der Waals surface area contributed by atoms with Gasteiger partial charge in [0, 0.05) is 30.9 Å². The SMILES string of the molecule is COCc1ccc(NC(=O)Nc2ccncc2C)cc1. The fraction of sp³-hybridized carbons (Fsp3) is 0.200. The lowest BCUT2D eigenvalue weighted by Crippen LogP contribution is -2.19. The normalized spacial score (nSPS) is 10.1. The maximum atomic E-state index is 11.9. The summed E-state index contributed by atoms with van der Waals surface area (Å²) in [4.78, 5) is 15.9. The molecule has 0 atom stereocenters. The molecule has 0 saturated heterocycles. The molecule has 0 aliphatic rings. The summed E-state index contributed by atoms with van der Waals surface area (Å²) in [6.45, 7) is 2.45. The summed E-state index contributed by atoms with van der Waals surface area (Å²) >= 11 is 0. The lowest BCUT2D eigenvalue weighted by molar-refractivity contribution is 0.185. The minimum absolute atomic E-state index is 0.279. The second kappa shape index (κ2) is 6.68. The highest BCUT2D eigenvalue weighted by Crippen LogP contribution is 2.14. The van der Waals surface area contributed by atoms with Gasteiger partial charge in [-0.15, -0.1) is 0 Å². The van der Waals surface area contributed by atoms with Crippen molar-refractivity contribution in [2.75, 3.05) is 17.7 Å². The summed E-state index contributed by atoms with van der Waals surface area (Å²) in [6, 6.07) is 8.99. The number of carbonyl (C=O) groups is 1. The molecule has 0 bridgehead atoms. The summed E-state index contributed by atoms with van der Waals surface area (Å²) in [5, 5.41) is 5.56. The van der Waals surface area contributed by atoms with E-state index in [1.807, 2.05) is 31.2 Å². The number of anilines is 2. The number of hydrogen-bond acceptors (Lipinski definition) is 3. The van der Waals surface area contributed by atoms with Gasteiger partial charge in [-0.1, -0.05) is 12.1 Å². The summed E-state index contributed by atoms with van der Waals surface area (Å²) < 4.78 is 5.04. The average Bonchev–Trinajstić information content (AvgIpc) is 2.44. The third-order valence-electron chi connectivity index (χ3n) is 2.79. The minimum Gasteiger partial charge on any atom is -0.380 e. The van der Waals surface area contributed by atoms with Crippen LogP contribution in [-0.2, 0) is 11.3 Å². The number of nitrogens with zero attached hydrogens (tertiary/aromatic N) is 1. The van der Waals surface area contributed by atoms with Crippen molar-refractivity contribution >= 4 is 17.4 Å². The molecule has 2 rings (SSSR count). The Balaban J connectivity index is 1.96. The maximum absolute atomic E-state index is 11.9. The number of methoxy groups -OCH3 is 1. The number of rotatable bonds is 4. The van der Waals surface area contributed by atoms with Gasteiger partial charge in [-0.25, -0.2) is 4.79 Å². The van der Waals surface area contributed by atoms with E-state index in [-0.39, 0.29) is 6.03 Å². The number of urea groups is 1. The number of aryl methyl sites for hydroxylation is 1. The van der Waals surface area contributed by atoms with Gasteiger partial charge < -0.3 is 15.4 Å². The molecular weight excluding hydrogens is 254 g/mol. The number of pyridine rings is 1. The third-order valence-corrected chi connectivity index (χ3v) is 2.79. The van der Waals surface area contributed by atoms with Crippen LogP contribution in [0.2, 0.25) is 0 Å². The Labute approximate surface area is 118 Å². The van der Waals surface area contributed by atoms with Gasteiger partial charge >= 0.3 is 6.03 Å². The third kappa shape index (κ3) is 3.80. The number of hydrogen-bond donors (Lipinski definition) is 2. The number of nitrogens with one attached hydrogen (secondary N) is 2. The van der Waals surface area contributed by atoms with Crippen LogP contribution < -0.4 is 10.6 Å². The van der Waals surface area contributed by atoms with E-state index in [9.17, 15) is 4.79 Å². The van der Waals surface area contributed by atoms with Crippen LogP contribution in [0.25, 0.3) is 0 Å². The predicted molar refractivity (Wildman–Crippen MR) is 78.8 cm³/mol. The van der Waals surface area contributed by atoms with Crippen LogP contribution in [0.4, 0.5) is 16.2 Å². The quantitative estimate of drug-likeness (QED) is 0.897. The zero-order chi connectivity index (χ0) is 14.4. The Hall–Kier alpha value is -2.40. The van der Waals surface area contributed by atoms with Crippen molar-refractivity contribution in [3.05, 3.63) is 53.9 Å². The summed E-state index contributed by atoms with van der Waals surface area (Å²) in [5.41, 5.74) is 3.45. The summed E-state index contributed by atoms with van der Waals surface area (Å²) in [6.07, 6.45) is 3.34. The van der Waals surface area contributed by atoms with Gasteiger partial charge in [0.25, 0.3) is 0 Å². The van der Waals surface area contributed by atoms with E-state index in [1.165, 1.54) is 0 Å². The summed E-state index contributed by atoms with van der Waals surface area (Å²) in [7, 11) is 1.65. The first-order valence-electron chi connectivity index (χ1n) is 6.25. The monoisotopic (exact) mass is 271 g/mol. The Bertz CT molecular complexity index is 582. The second-order valence-corrected chi connectivity index (χ2v) is 4.40. The van der Waals surface area contributed by atoms with Gasteiger partial charge in [-0.05, 0) is 36.2 Å². The molecule has 1 aromatic heterocycles. The molecule has 0 spiro atoms. The average molecular weight is 271 g/mol. The standard InChI is InChI=1S/C15H17N3O2/c1-11-9-16-8-7-14(11)18-15(19)17-13-5-3-12(4-6-13)10-20-2/h3-9H,10H2,1-2H3,(H2,16,17,18,19). The summed E-state index contributed by atoms with van der Waals surface area (Å²) in [5.74, 6) is 0. The largest absolute Gasteiger partial charge is 0.380 e. The molecule has 2 amide bonds. The van der Waals surface area contributed by atoms with Crippen molar-refractivity contribution in [3.8, 4) is 0 Å². The Morgan fingerprint density at radius 2 is 1.95 bits per heavy atom. The van der Waals surface area contributed by atoms with Crippen LogP contribution in [0.5, 0.6) is 0 Å². The molecule has 5 heteroatoms. The number of aromatic nitrogens is 1. The van der Waals surface area contributed by atoms with Crippen LogP contribution >= 0.6 is 0 Å². The van der Waals surface area contributed by atoms with Crippen molar-refractivity contribution < 1.29 is 9.53 Å². The lowest BCUT2D eigenvalue weighted by Gasteiger charge is -2.09. The smallest absolute Gasteiger partial charge is 0.323 e. The molecule has 2 N–H and O–H groups in total. The molecule has 1 heterocycles. The van der Waals surface area contributed by atoms with Crippen molar-refractivity contribution in [2.45, 2.75) is 13.5 Å². The van der Waals surface area contributed by atoms with Gasteiger partial charge in [0.1, 0.15) is 0 Å². The van der Waals surface area contributed by atoms with E-state index in [1.54, 1.807) is 25.6 Å². The minimum atomic E-state index is -0.279. The van der Waals surface area contributed by atoms with Crippen molar-refractivity contribution in [1.82, 2.24) is 4.98 Å². The van der Waals surface area contributed by atoms with E-state index in [0.717, 1.165) is 22.5 Å². The second-order valence-electron chi connectivity index (χ2n) is 4.40. The van der Waals surface area contributed by atoms with E-state index >= 15 is 0 Å². The van der Waals surface area contributed by atoms with Crippen molar-refractivity contribution in [3.63, 3.8) is 0 Å². The molecule has 20 heavy (non-hydrogen) atoms. The van der Waals surface area contributed by atoms with Gasteiger partial charge in [0.2, 0.25) is 0 Å². The fourth-order valence-corrected chi connectivity index (χ4v) is 1.75. The van der Waals surface area contributed by atoms with Gasteiger partial charge in [-0.3, -0.25) is 4.98 Å². The predicted octanol–water partition coefficient (Wildman–Crippen LogP) is 3.18. The molecular formula is C15H17N3O2. The molecule has 1 aromatic carbocycles. The Morgan fingerprint density at radius 1 is 1.20 bits per heavy atom. The van der Waals surface area contributed by atoms with Crippen molar-refractivity contribution in [1.29, 1.82) is 0 Å². The highest BCUT2D eigenvalue weighted by atomic mass is 16.5. The molecule has 5 nitrogen and oxygen atoms in total. The van der Waals surface area contributed by atoms with Crippen LogP contribution in [-0.4, -0.2) is 18.1 Å². The van der Waals surface area contributed by atoms with Gasteiger partial charge in [0.05, 0.1) is 6.61 Å². The molecule has 0 aliphatic heterocycles. The van der Waals surface area contributed by atoms with Crippen LogP contribution in [0, 0.1) is 6.92 Å². The zero-order valence-corrected chi connectivity index (χ0v) is 11.5. The molecule has 0 fully saturated rings. The zero-order valence-electron chi connectivity index (χ0n) is 11.5. The first kappa shape index (κ1) is 14.0. The van der Waals surface area contributed by atoms with Gasteiger partial charge in [0.15, 0.2) is 0 Å². The van der Waals surface area contributed by atoms with Crippen molar-refractivity contribution in [2.24, 2.45) is 0 Å². The molecule has 2 aromatic rings. The Kier molecular flexibility index (Phi) is 4.68. The number of carbonyl (C=O) groups excluding carboxylic acids is 1. The topological polar surface area (TPSA) is 63.2 Å². The lowest BCUT2D eigenvalue weighted by atomic mass is 10.2.